The number of carbonyl (C=O) groups excluding carboxylic acids is 1. The maximum atomic E-state index is 13.7. The highest BCUT2D eigenvalue weighted by Gasteiger charge is 2.24. The van der Waals surface area contributed by atoms with Crippen LogP contribution in [0.5, 0.6) is 0 Å². The van der Waals surface area contributed by atoms with Crippen molar-refractivity contribution in [1.82, 2.24) is 0 Å². The lowest BCUT2D eigenvalue weighted by Crippen LogP contribution is -2.24. The number of hydrogen-bond acceptors (Lipinski definition) is 2. The fourth-order valence-corrected chi connectivity index (χ4v) is 2.76. The van der Waals surface area contributed by atoms with Gasteiger partial charge in [0.1, 0.15) is 11.6 Å². The van der Waals surface area contributed by atoms with Gasteiger partial charge in [0.05, 0.1) is 0 Å². The molecule has 2 nitrogen and oxygen atoms in total. The summed E-state index contributed by atoms with van der Waals surface area (Å²) in [5.41, 5.74) is 6.07. The van der Waals surface area contributed by atoms with Crippen molar-refractivity contribution >= 4 is 17.4 Å². The summed E-state index contributed by atoms with van der Waals surface area (Å²) in [4.78, 5) is 12.1. The Morgan fingerprint density at radius 2 is 2.00 bits per heavy atom. The van der Waals surface area contributed by atoms with Gasteiger partial charge in [0.25, 0.3) is 0 Å². The molecule has 21 heavy (non-hydrogen) atoms. The maximum absolute atomic E-state index is 13.7. The molecule has 0 aliphatic carbocycles. The quantitative estimate of drug-likeness (QED) is 0.811. The van der Waals surface area contributed by atoms with Crippen LogP contribution in [-0.2, 0) is 11.2 Å². The number of carbonyl (C=O) groups is 1. The third-order valence-electron chi connectivity index (χ3n) is 3.95. The highest BCUT2D eigenvalue weighted by atomic mass is 35.5. The topological polar surface area (TPSA) is 43.1 Å². The van der Waals surface area contributed by atoms with Gasteiger partial charge in [0, 0.05) is 23.4 Å². The van der Waals surface area contributed by atoms with E-state index in [1.54, 1.807) is 12.1 Å². The monoisotopic (exact) mass is 313 g/mol. The molecule has 0 amide bonds. The number of ketones is 1. The molecule has 0 spiro atoms. The molecule has 4 heteroatoms. The van der Waals surface area contributed by atoms with E-state index in [4.69, 9.17) is 17.3 Å². The van der Waals surface area contributed by atoms with Gasteiger partial charge in [-0.05, 0) is 42.9 Å². The number of halogens is 2. The van der Waals surface area contributed by atoms with Crippen molar-refractivity contribution in [1.29, 1.82) is 0 Å². The van der Waals surface area contributed by atoms with Crippen molar-refractivity contribution in [2.45, 2.75) is 46.5 Å². The molecule has 1 aromatic rings. The number of rotatable bonds is 7. The van der Waals surface area contributed by atoms with E-state index in [-0.39, 0.29) is 17.6 Å². The molecular formula is C17H25ClFNO. The van der Waals surface area contributed by atoms with Crippen LogP contribution in [0.1, 0.15) is 45.6 Å². The number of hydrogen-bond donors (Lipinski definition) is 1. The first-order valence-electron chi connectivity index (χ1n) is 7.40. The zero-order chi connectivity index (χ0) is 16.0. The lowest BCUT2D eigenvalue weighted by Gasteiger charge is -2.30. The fourth-order valence-electron chi connectivity index (χ4n) is 2.53. The molecule has 0 aliphatic heterocycles. The first-order chi connectivity index (χ1) is 9.75. The summed E-state index contributed by atoms with van der Waals surface area (Å²) >= 11 is 5.95. The van der Waals surface area contributed by atoms with E-state index in [0.29, 0.717) is 29.5 Å². The van der Waals surface area contributed by atoms with Gasteiger partial charge in [0.2, 0.25) is 0 Å². The Balaban J connectivity index is 2.61. The van der Waals surface area contributed by atoms with Crippen LogP contribution in [0.15, 0.2) is 18.2 Å². The molecule has 118 valence electrons. The van der Waals surface area contributed by atoms with Crippen LogP contribution in [0, 0.1) is 17.2 Å². The molecule has 0 radical (unpaired) electrons. The molecule has 1 rings (SSSR count). The molecule has 0 saturated carbocycles. The van der Waals surface area contributed by atoms with E-state index in [2.05, 4.69) is 20.8 Å². The third kappa shape index (κ3) is 5.76. The van der Waals surface area contributed by atoms with Crippen LogP contribution in [0.25, 0.3) is 0 Å². The predicted molar refractivity (Wildman–Crippen MR) is 86.0 cm³/mol. The number of Topliss-reactive ketones (excluding diaryl/α,β-unsaturated/α-hetero) is 1. The van der Waals surface area contributed by atoms with E-state index in [1.165, 1.54) is 6.07 Å². The van der Waals surface area contributed by atoms with Gasteiger partial charge in [0.15, 0.2) is 0 Å². The van der Waals surface area contributed by atoms with Crippen LogP contribution in [0.4, 0.5) is 4.39 Å². The Hall–Kier alpha value is -0.930. The normalized spacial score (nSPS) is 13.2. The van der Waals surface area contributed by atoms with E-state index >= 15 is 0 Å². The van der Waals surface area contributed by atoms with Crippen molar-refractivity contribution in [3.8, 4) is 0 Å². The standard InChI is InChI=1S/C17H25ClFNO/c1-17(2,3)12(9-10-20)7-8-13(21)11-14-15(18)5-4-6-16(14)19/h4-6,12H,7-11,20H2,1-3H3. The van der Waals surface area contributed by atoms with E-state index in [1.807, 2.05) is 0 Å². The summed E-state index contributed by atoms with van der Waals surface area (Å²) in [5.74, 6) is 0.000920. The Morgan fingerprint density at radius 3 is 2.52 bits per heavy atom. The molecule has 1 aromatic carbocycles. The Bertz CT molecular complexity index is 462. The molecule has 0 aliphatic rings. The second-order valence-corrected chi connectivity index (χ2v) is 7.00. The highest BCUT2D eigenvalue weighted by Crippen LogP contribution is 2.32. The summed E-state index contributed by atoms with van der Waals surface area (Å²) in [7, 11) is 0. The Kier molecular flexibility index (Phi) is 6.82. The molecule has 0 saturated heterocycles. The Labute approximate surface area is 131 Å². The van der Waals surface area contributed by atoms with Crippen LogP contribution in [-0.4, -0.2) is 12.3 Å². The molecule has 2 N–H and O–H groups in total. The van der Waals surface area contributed by atoms with Gasteiger partial charge >= 0.3 is 0 Å². The smallest absolute Gasteiger partial charge is 0.137 e. The van der Waals surface area contributed by atoms with Crippen LogP contribution < -0.4 is 5.73 Å². The molecular weight excluding hydrogens is 289 g/mol. The summed E-state index contributed by atoms with van der Waals surface area (Å²) in [5, 5.41) is 0.317. The van der Waals surface area contributed by atoms with Crippen LogP contribution >= 0.6 is 11.6 Å². The largest absolute Gasteiger partial charge is 0.330 e. The summed E-state index contributed by atoms with van der Waals surface area (Å²) in [6, 6.07) is 4.49. The van der Waals surface area contributed by atoms with E-state index in [9.17, 15) is 9.18 Å². The predicted octanol–water partition coefficient (Wildman–Crippen LogP) is 4.38. The lowest BCUT2D eigenvalue weighted by atomic mass is 9.76. The summed E-state index contributed by atoms with van der Waals surface area (Å²) in [6.45, 7) is 7.10. The molecule has 1 atom stereocenters. The van der Waals surface area contributed by atoms with E-state index < -0.39 is 5.82 Å². The van der Waals surface area contributed by atoms with Gasteiger partial charge < -0.3 is 5.73 Å². The van der Waals surface area contributed by atoms with Crippen molar-refractivity contribution in [2.75, 3.05) is 6.54 Å². The molecule has 1 unspecified atom stereocenters. The Morgan fingerprint density at radius 1 is 1.33 bits per heavy atom. The van der Waals surface area contributed by atoms with Gasteiger partial charge in [-0.2, -0.15) is 0 Å². The van der Waals surface area contributed by atoms with Gasteiger partial charge in [-0.15, -0.1) is 0 Å². The molecule has 0 bridgehead atoms. The average molecular weight is 314 g/mol. The average Bonchev–Trinajstić information content (AvgIpc) is 2.37. The van der Waals surface area contributed by atoms with Gasteiger partial charge in [-0.25, -0.2) is 4.39 Å². The van der Waals surface area contributed by atoms with Crippen molar-refractivity contribution in [2.24, 2.45) is 17.1 Å². The summed E-state index contributed by atoms with van der Waals surface area (Å²) in [6.07, 6.45) is 2.18. The van der Waals surface area contributed by atoms with Crippen LogP contribution in [0.3, 0.4) is 0 Å². The van der Waals surface area contributed by atoms with Crippen molar-refractivity contribution < 1.29 is 9.18 Å². The zero-order valence-corrected chi connectivity index (χ0v) is 13.8. The van der Waals surface area contributed by atoms with Gasteiger partial charge in [-0.1, -0.05) is 38.4 Å². The van der Waals surface area contributed by atoms with E-state index in [0.717, 1.165) is 12.8 Å². The molecule has 0 aromatic heterocycles. The first-order valence-corrected chi connectivity index (χ1v) is 7.78. The zero-order valence-electron chi connectivity index (χ0n) is 13.1. The minimum Gasteiger partial charge on any atom is -0.330 e. The lowest BCUT2D eigenvalue weighted by molar-refractivity contribution is -0.118. The van der Waals surface area contributed by atoms with Crippen molar-refractivity contribution in [3.05, 3.63) is 34.6 Å². The second kappa shape index (κ2) is 7.90. The SMILES string of the molecule is CC(C)(C)C(CCN)CCC(=O)Cc1c(F)cccc1Cl. The minimum atomic E-state index is -0.412. The summed E-state index contributed by atoms with van der Waals surface area (Å²) < 4.78 is 13.7. The number of benzene rings is 1. The van der Waals surface area contributed by atoms with Crippen molar-refractivity contribution in [3.63, 3.8) is 0 Å². The minimum absolute atomic E-state index is 0.0215. The first kappa shape index (κ1) is 18.1. The molecule has 0 heterocycles. The highest BCUT2D eigenvalue weighted by molar-refractivity contribution is 6.31. The van der Waals surface area contributed by atoms with Gasteiger partial charge in [-0.3, -0.25) is 4.79 Å². The second-order valence-electron chi connectivity index (χ2n) is 6.59. The molecule has 0 fully saturated rings. The van der Waals surface area contributed by atoms with Crippen LogP contribution in [0.2, 0.25) is 5.02 Å². The number of nitrogens with two attached hydrogens (primary N) is 1. The maximum Gasteiger partial charge on any atom is 0.137 e. The third-order valence-corrected chi connectivity index (χ3v) is 4.30. The fraction of sp³-hybridized carbons (Fsp3) is 0.588.